The predicted octanol–water partition coefficient (Wildman–Crippen LogP) is 2.48. The first-order chi connectivity index (χ1) is 12.4. The first kappa shape index (κ1) is 17.6. The summed E-state index contributed by atoms with van der Waals surface area (Å²) in [5.41, 5.74) is 0.589. The molecule has 2 aliphatic heterocycles. The third-order valence-corrected chi connectivity index (χ3v) is 6.64. The number of carbonyl (C=O) groups excluding carboxylic acids is 1. The third kappa shape index (κ3) is 3.27. The minimum atomic E-state index is -3.41. The van der Waals surface area contributed by atoms with Gasteiger partial charge in [0.1, 0.15) is 6.04 Å². The Labute approximate surface area is 153 Å². The highest BCUT2D eigenvalue weighted by Crippen LogP contribution is 2.47. The number of anilines is 1. The van der Waals surface area contributed by atoms with E-state index in [1.807, 2.05) is 0 Å². The number of piperidine rings is 1. The van der Waals surface area contributed by atoms with Crippen LogP contribution < -0.4 is 14.8 Å². The van der Waals surface area contributed by atoms with Gasteiger partial charge in [0.2, 0.25) is 15.9 Å². The number of carbonyl (C=O) groups is 1. The van der Waals surface area contributed by atoms with E-state index in [9.17, 15) is 13.2 Å². The first-order valence-corrected chi connectivity index (χ1v) is 11.0. The van der Waals surface area contributed by atoms with Gasteiger partial charge in [-0.25, -0.2) is 8.42 Å². The highest BCUT2D eigenvalue weighted by molar-refractivity contribution is 7.88. The molecule has 2 heterocycles. The summed E-state index contributed by atoms with van der Waals surface area (Å²) in [5.74, 6) is 0.486. The zero-order valence-corrected chi connectivity index (χ0v) is 15.7. The molecular formula is C18H24N2O5S. The van der Waals surface area contributed by atoms with Gasteiger partial charge in [0.05, 0.1) is 6.26 Å². The van der Waals surface area contributed by atoms with Crippen LogP contribution in [0.2, 0.25) is 0 Å². The number of fused-ring (bicyclic) bond motifs is 1. The molecule has 3 aliphatic rings. The van der Waals surface area contributed by atoms with E-state index in [0.29, 0.717) is 30.2 Å². The lowest BCUT2D eigenvalue weighted by atomic mass is 10.0. The molecule has 0 radical (unpaired) electrons. The number of nitrogens with one attached hydrogen (secondary N) is 1. The highest BCUT2D eigenvalue weighted by Gasteiger charge is 2.44. The quantitative estimate of drug-likeness (QED) is 0.871. The third-order valence-electron chi connectivity index (χ3n) is 5.35. The van der Waals surface area contributed by atoms with Crippen molar-refractivity contribution in [3.8, 4) is 11.5 Å². The normalized spacial score (nSPS) is 24.7. The fourth-order valence-electron chi connectivity index (χ4n) is 4.08. The van der Waals surface area contributed by atoms with Crippen LogP contribution in [0.25, 0.3) is 0 Å². The summed E-state index contributed by atoms with van der Waals surface area (Å²) in [4.78, 5) is 12.7. The van der Waals surface area contributed by atoms with Gasteiger partial charge >= 0.3 is 0 Å². The Bertz CT molecular complexity index is 817. The van der Waals surface area contributed by atoms with Crippen molar-refractivity contribution in [1.29, 1.82) is 0 Å². The number of rotatable bonds is 3. The van der Waals surface area contributed by atoms with Gasteiger partial charge < -0.3 is 14.8 Å². The van der Waals surface area contributed by atoms with E-state index >= 15 is 0 Å². The van der Waals surface area contributed by atoms with E-state index < -0.39 is 21.9 Å². The van der Waals surface area contributed by atoms with Crippen LogP contribution >= 0.6 is 0 Å². The summed E-state index contributed by atoms with van der Waals surface area (Å²) in [5, 5.41) is 2.84. The molecule has 2 fully saturated rings. The molecule has 0 bridgehead atoms. The SMILES string of the molecule is CS(=O)(=O)N1CCCCC1C(=O)Nc1ccc2c(c1)OC1(CCCC1)O2. The summed E-state index contributed by atoms with van der Waals surface area (Å²) in [6.45, 7) is 0.389. The van der Waals surface area contributed by atoms with Gasteiger partial charge in [0.15, 0.2) is 11.5 Å². The molecule has 0 aromatic heterocycles. The van der Waals surface area contributed by atoms with Crippen LogP contribution in [0.4, 0.5) is 5.69 Å². The van der Waals surface area contributed by atoms with Gasteiger partial charge in [0.25, 0.3) is 5.79 Å². The van der Waals surface area contributed by atoms with E-state index in [0.717, 1.165) is 44.8 Å². The molecule has 26 heavy (non-hydrogen) atoms. The van der Waals surface area contributed by atoms with E-state index in [1.54, 1.807) is 18.2 Å². The number of ether oxygens (including phenoxy) is 2. The number of hydrogen-bond acceptors (Lipinski definition) is 5. The molecule has 1 saturated heterocycles. The Balaban J connectivity index is 1.49. The summed E-state index contributed by atoms with van der Waals surface area (Å²) >= 11 is 0. The number of amides is 1. The molecule has 1 N–H and O–H groups in total. The largest absolute Gasteiger partial charge is 0.448 e. The molecule has 1 aromatic rings. The molecule has 1 unspecified atom stereocenters. The maximum Gasteiger partial charge on any atom is 0.251 e. The lowest BCUT2D eigenvalue weighted by Gasteiger charge is -2.32. The van der Waals surface area contributed by atoms with Crippen LogP contribution in [0.3, 0.4) is 0 Å². The average Bonchev–Trinajstić information content (AvgIpc) is 3.20. The Morgan fingerprint density at radius 2 is 1.88 bits per heavy atom. The maximum absolute atomic E-state index is 12.7. The van der Waals surface area contributed by atoms with Crippen molar-refractivity contribution in [2.75, 3.05) is 18.1 Å². The van der Waals surface area contributed by atoms with Crippen molar-refractivity contribution in [1.82, 2.24) is 4.31 Å². The van der Waals surface area contributed by atoms with Crippen molar-refractivity contribution in [3.63, 3.8) is 0 Å². The smallest absolute Gasteiger partial charge is 0.251 e. The van der Waals surface area contributed by atoms with Crippen LogP contribution in [0.1, 0.15) is 44.9 Å². The van der Waals surface area contributed by atoms with E-state index in [2.05, 4.69) is 5.32 Å². The van der Waals surface area contributed by atoms with Gasteiger partial charge in [0, 0.05) is 31.1 Å². The fraction of sp³-hybridized carbons (Fsp3) is 0.611. The summed E-state index contributed by atoms with van der Waals surface area (Å²) in [7, 11) is -3.41. The topological polar surface area (TPSA) is 84.9 Å². The molecule has 1 atom stereocenters. The second-order valence-electron chi connectivity index (χ2n) is 7.36. The minimum Gasteiger partial charge on any atom is -0.448 e. The Kier molecular flexibility index (Phi) is 4.35. The monoisotopic (exact) mass is 380 g/mol. The van der Waals surface area contributed by atoms with Crippen molar-refractivity contribution < 1.29 is 22.7 Å². The van der Waals surface area contributed by atoms with Crippen LogP contribution in [0.5, 0.6) is 11.5 Å². The first-order valence-electron chi connectivity index (χ1n) is 9.16. The van der Waals surface area contributed by atoms with Gasteiger partial charge in [-0.2, -0.15) is 4.31 Å². The molecule has 1 aromatic carbocycles. The van der Waals surface area contributed by atoms with Gasteiger partial charge in [-0.15, -0.1) is 0 Å². The van der Waals surface area contributed by atoms with Crippen LogP contribution in [0, 0.1) is 0 Å². The van der Waals surface area contributed by atoms with Crippen LogP contribution in [0.15, 0.2) is 18.2 Å². The summed E-state index contributed by atoms with van der Waals surface area (Å²) in [6.07, 6.45) is 7.22. The number of nitrogens with zero attached hydrogens (tertiary/aromatic N) is 1. The second kappa shape index (κ2) is 6.42. The molecule has 1 amide bonds. The number of hydrogen-bond donors (Lipinski definition) is 1. The van der Waals surface area contributed by atoms with E-state index in [4.69, 9.17) is 9.47 Å². The highest BCUT2D eigenvalue weighted by atomic mass is 32.2. The lowest BCUT2D eigenvalue weighted by molar-refractivity contribution is -0.120. The molecule has 7 nitrogen and oxygen atoms in total. The average molecular weight is 380 g/mol. The number of benzene rings is 1. The molecule has 1 spiro atoms. The van der Waals surface area contributed by atoms with Gasteiger partial charge in [-0.05, 0) is 37.8 Å². The lowest BCUT2D eigenvalue weighted by Crippen LogP contribution is -2.49. The van der Waals surface area contributed by atoms with Crippen molar-refractivity contribution in [2.45, 2.75) is 56.8 Å². The molecule has 1 aliphatic carbocycles. The molecule has 1 saturated carbocycles. The molecule has 4 rings (SSSR count). The van der Waals surface area contributed by atoms with Crippen LogP contribution in [-0.4, -0.2) is 43.3 Å². The summed E-state index contributed by atoms with van der Waals surface area (Å²) < 4.78 is 37.2. The summed E-state index contributed by atoms with van der Waals surface area (Å²) in [6, 6.07) is 4.66. The predicted molar refractivity (Wildman–Crippen MR) is 96.7 cm³/mol. The van der Waals surface area contributed by atoms with Crippen LogP contribution in [-0.2, 0) is 14.8 Å². The van der Waals surface area contributed by atoms with Crippen molar-refractivity contribution in [3.05, 3.63) is 18.2 Å². The second-order valence-corrected chi connectivity index (χ2v) is 9.29. The standard InChI is InChI=1S/C18H24N2O5S/c1-26(22,23)20-11-5-2-6-14(20)17(21)19-13-7-8-15-16(12-13)25-18(24-15)9-3-4-10-18/h7-8,12,14H,2-6,9-11H2,1H3,(H,19,21). The maximum atomic E-state index is 12.7. The fourth-order valence-corrected chi connectivity index (χ4v) is 5.20. The van der Waals surface area contributed by atoms with Crippen molar-refractivity contribution in [2.24, 2.45) is 0 Å². The zero-order chi connectivity index (χ0) is 18.4. The Hall–Kier alpha value is -1.80. The van der Waals surface area contributed by atoms with Gasteiger partial charge in [-0.1, -0.05) is 6.42 Å². The molecule has 142 valence electrons. The van der Waals surface area contributed by atoms with E-state index in [-0.39, 0.29) is 5.91 Å². The van der Waals surface area contributed by atoms with E-state index in [1.165, 1.54) is 4.31 Å². The number of sulfonamides is 1. The van der Waals surface area contributed by atoms with Gasteiger partial charge in [-0.3, -0.25) is 4.79 Å². The molecular weight excluding hydrogens is 356 g/mol. The minimum absolute atomic E-state index is 0.301. The van der Waals surface area contributed by atoms with Crippen molar-refractivity contribution >= 4 is 21.6 Å². The zero-order valence-electron chi connectivity index (χ0n) is 14.9. The Morgan fingerprint density at radius 1 is 1.15 bits per heavy atom. The Morgan fingerprint density at radius 3 is 2.62 bits per heavy atom. The molecule has 8 heteroatoms.